The van der Waals surface area contributed by atoms with E-state index in [2.05, 4.69) is 5.32 Å². The second-order valence-electron chi connectivity index (χ2n) is 8.76. The minimum Gasteiger partial charge on any atom is -0.497 e. The quantitative estimate of drug-likeness (QED) is 0.426. The van der Waals surface area contributed by atoms with Crippen molar-refractivity contribution in [2.45, 2.75) is 50.7 Å². The van der Waals surface area contributed by atoms with Crippen LogP contribution >= 0.6 is 11.3 Å². The second kappa shape index (κ2) is 11.9. The van der Waals surface area contributed by atoms with Gasteiger partial charge < -0.3 is 19.7 Å². The van der Waals surface area contributed by atoms with Crippen LogP contribution in [0.2, 0.25) is 0 Å². The lowest BCUT2D eigenvalue weighted by Gasteiger charge is -2.33. The molecule has 1 unspecified atom stereocenters. The predicted octanol–water partition coefficient (Wildman–Crippen LogP) is 5.14. The van der Waals surface area contributed by atoms with Crippen molar-refractivity contribution in [1.29, 1.82) is 0 Å². The normalized spacial score (nSPS) is 14.3. The monoisotopic (exact) mass is 492 g/mol. The number of carbonyl (C=O) groups is 2. The molecule has 0 bridgehead atoms. The van der Waals surface area contributed by atoms with Crippen LogP contribution in [-0.2, 0) is 22.6 Å². The molecule has 184 valence electrons. The van der Waals surface area contributed by atoms with Gasteiger partial charge in [0.2, 0.25) is 11.8 Å². The summed E-state index contributed by atoms with van der Waals surface area (Å²) < 4.78 is 10.9. The van der Waals surface area contributed by atoms with Crippen LogP contribution in [0.4, 0.5) is 0 Å². The fourth-order valence-corrected chi connectivity index (χ4v) is 5.31. The van der Waals surface area contributed by atoms with Gasteiger partial charge in [-0.05, 0) is 48.1 Å². The van der Waals surface area contributed by atoms with Crippen molar-refractivity contribution in [1.82, 2.24) is 10.2 Å². The van der Waals surface area contributed by atoms with Gasteiger partial charge in [-0.3, -0.25) is 9.59 Å². The third-order valence-corrected chi connectivity index (χ3v) is 7.33. The number of nitrogens with zero attached hydrogens (tertiary/aromatic N) is 1. The fraction of sp³-hybridized carbons (Fsp3) is 0.357. The zero-order valence-corrected chi connectivity index (χ0v) is 21.1. The molecule has 4 rings (SSSR count). The molecule has 35 heavy (non-hydrogen) atoms. The molecule has 2 amide bonds. The standard InChI is InChI=1S/C28H32N2O4S/c1-33-23-15-13-20(14-16-23)27(28(32)29-22-9-4-5-10-22)30(26(31)18-24-11-7-17-35-24)19-21-8-3-6-12-25(21)34-2/h3,6-8,11-17,22,27H,4-5,9-10,18-19H2,1-2H3,(H,29,32). The number of hydrogen-bond donors (Lipinski definition) is 1. The van der Waals surface area contributed by atoms with Gasteiger partial charge in [0.05, 0.1) is 27.2 Å². The summed E-state index contributed by atoms with van der Waals surface area (Å²) in [5.74, 6) is 1.12. The van der Waals surface area contributed by atoms with E-state index in [1.165, 1.54) is 0 Å². The summed E-state index contributed by atoms with van der Waals surface area (Å²) in [4.78, 5) is 30.2. The van der Waals surface area contributed by atoms with Crippen molar-refractivity contribution in [3.8, 4) is 11.5 Å². The maximum atomic E-state index is 13.8. The minimum atomic E-state index is -0.779. The highest BCUT2D eigenvalue weighted by Crippen LogP contribution is 2.30. The molecule has 0 saturated heterocycles. The number of benzene rings is 2. The van der Waals surface area contributed by atoms with Gasteiger partial charge in [-0.25, -0.2) is 0 Å². The van der Waals surface area contributed by atoms with Crippen molar-refractivity contribution in [3.63, 3.8) is 0 Å². The van der Waals surface area contributed by atoms with Gasteiger partial charge in [-0.1, -0.05) is 49.2 Å². The Balaban J connectivity index is 1.73. The summed E-state index contributed by atoms with van der Waals surface area (Å²) in [6.07, 6.45) is 4.39. The van der Waals surface area contributed by atoms with Crippen molar-refractivity contribution < 1.29 is 19.1 Å². The van der Waals surface area contributed by atoms with E-state index in [0.717, 1.165) is 41.7 Å². The van der Waals surface area contributed by atoms with E-state index in [1.807, 2.05) is 66.0 Å². The first-order valence-corrected chi connectivity index (χ1v) is 12.8. The summed E-state index contributed by atoms with van der Waals surface area (Å²) >= 11 is 1.54. The smallest absolute Gasteiger partial charge is 0.247 e. The van der Waals surface area contributed by atoms with E-state index < -0.39 is 6.04 Å². The summed E-state index contributed by atoms with van der Waals surface area (Å²) in [5, 5.41) is 5.18. The van der Waals surface area contributed by atoms with Gasteiger partial charge in [-0.2, -0.15) is 0 Å². The van der Waals surface area contributed by atoms with Crippen LogP contribution in [0.1, 0.15) is 47.7 Å². The first kappa shape index (κ1) is 24.8. The summed E-state index contributed by atoms with van der Waals surface area (Å²) in [6, 6.07) is 18.3. The maximum Gasteiger partial charge on any atom is 0.247 e. The van der Waals surface area contributed by atoms with Gasteiger partial charge >= 0.3 is 0 Å². The summed E-state index contributed by atoms with van der Waals surface area (Å²) in [5.41, 5.74) is 1.59. The molecule has 0 spiro atoms. The number of rotatable bonds is 10. The summed E-state index contributed by atoms with van der Waals surface area (Å²) in [6.45, 7) is 0.253. The Kier molecular flexibility index (Phi) is 8.42. The van der Waals surface area contributed by atoms with E-state index in [0.29, 0.717) is 11.5 Å². The lowest BCUT2D eigenvalue weighted by molar-refractivity contribution is -0.141. The van der Waals surface area contributed by atoms with E-state index in [1.54, 1.807) is 30.5 Å². The number of nitrogens with one attached hydrogen (secondary N) is 1. The Morgan fingerprint density at radius 3 is 2.40 bits per heavy atom. The number of amides is 2. The molecule has 7 heteroatoms. The largest absolute Gasteiger partial charge is 0.497 e. The number of carbonyl (C=O) groups excluding carboxylic acids is 2. The highest BCUT2D eigenvalue weighted by Gasteiger charge is 2.33. The number of hydrogen-bond acceptors (Lipinski definition) is 5. The molecule has 0 radical (unpaired) electrons. The molecule has 1 saturated carbocycles. The molecule has 1 atom stereocenters. The van der Waals surface area contributed by atoms with Crippen molar-refractivity contribution in [2.75, 3.05) is 14.2 Å². The topological polar surface area (TPSA) is 67.9 Å². The Labute approximate surface area is 210 Å². The summed E-state index contributed by atoms with van der Waals surface area (Å²) in [7, 11) is 3.22. The van der Waals surface area contributed by atoms with Crippen LogP contribution < -0.4 is 14.8 Å². The molecule has 1 aromatic heterocycles. The lowest BCUT2D eigenvalue weighted by atomic mass is 10.0. The Hall–Kier alpha value is -3.32. The Morgan fingerprint density at radius 1 is 1.00 bits per heavy atom. The SMILES string of the molecule is COc1ccc(C(C(=O)NC2CCCC2)N(Cc2ccccc2OC)C(=O)Cc2cccs2)cc1. The zero-order chi connectivity index (χ0) is 24.6. The minimum absolute atomic E-state index is 0.110. The van der Waals surface area contributed by atoms with E-state index >= 15 is 0 Å². The number of ether oxygens (including phenoxy) is 2. The first-order valence-electron chi connectivity index (χ1n) is 12.0. The fourth-order valence-electron chi connectivity index (χ4n) is 4.61. The number of thiophene rings is 1. The van der Waals surface area contributed by atoms with Crippen LogP contribution in [0.3, 0.4) is 0 Å². The Bertz CT molecular complexity index is 1110. The molecule has 1 fully saturated rings. The Morgan fingerprint density at radius 2 is 1.74 bits per heavy atom. The van der Waals surface area contributed by atoms with Gasteiger partial charge in [0.15, 0.2) is 0 Å². The van der Waals surface area contributed by atoms with Gasteiger partial charge in [0, 0.05) is 16.5 Å². The average molecular weight is 493 g/mol. The molecule has 6 nitrogen and oxygen atoms in total. The van der Waals surface area contributed by atoms with E-state index in [9.17, 15) is 9.59 Å². The van der Waals surface area contributed by atoms with Crippen molar-refractivity contribution in [2.24, 2.45) is 0 Å². The second-order valence-corrected chi connectivity index (χ2v) is 9.79. The van der Waals surface area contributed by atoms with E-state index in [-0.39, 0.29) is 30.8 Å². The third-order valence-electron chi connectivity index (χ3n) is 6.45. The molecule has 1 aliphatic rings. The highest BCUT2D eigenvalue weighted by molar-refractivity contribution is 7.10. The van der Waals surface area contributed by atoms with Crippen LogP contribution in [-0.4, -0.2) is 37.0 Å². The van der Waals surface area contributed by atoms with Gasteiger partial charge in [0.25, 0.3) is 0 Å². The molecule has 3 aromatic rings. The van der Waals surface area contributed by atoms with Crippen LogP contribution in [0.15, 0.2) is 66.0 Å². The molecule has 1 N–H and O–H groups in total. The highest BCUT2D eigenvalue weighted by atomic mass is 32.1. The van der Waals surface area contributed by atoms with Gasteiger partial charge in [-0.15, -0.1) is 11.3 Å². The molecular formula is C28H32N2O4S. The molecular weight excluding hydrogens is 460 g/mol. The van der Waals surface area contributed by atoms with Gasteiger partial charge in [0.1, 0.15) is 17.5 Å². The maximum absolute atomic E-state index is 13.8. The van der Waals surface area contributed by atoms with Crippen molar-refractivity contribution >= 4 is 23.2 Å². The van der Waals surface area contributed by atoms with Crippen LogP contribution in [0, 0.1) is 0 Å². The first-order chi connectivity index (χ1) is 17.1. The zero-order valence-electron chi connectivity index (χ0n) is 20.2. The van der Waals surface area contributed by atoms with E-state index in [4.69, 9.17) is 9.47 Å². The number of methoxy groups -OCH3 is 2. The third kappa shape index (κ3) is 6.22. The molecule has 2 aromatic carbocycles. The molecule has 1 aliphatic carbocycles. The number of para-hydroxylation sites is 1. The van der Waals surface area contributed by atoms with Crippen molar-refractivity contribution in [3.05, 3.63) is 82.0 Å². The van der Waals surface area contributed by atoms with Crippen LogP contribution in [0.25, 0.3) is 0 Å². The van der Waals surface area contributed by atoms with Crippen LogP contribution in [0.5, 0.6) is 11.5 Å². The lowest BCUT2D eigenvalue weighted by Crippen LogP contribution is -2.46. The average Bonchev–Trinajstić information content (AvgIpc) is 3.59. The molecule has 1 heterocycles. The predicted molar refractivity (Wildman–Crippen MR) is 138 cm³/mol. The molecule has 0 aliphatic heterocycles.